The Morgan fingerprint density at radius 3 is 2.53 bits per heavy atom. The van der Waals surface area contributed by atoms with Gasteiger partial charge < -0.3 is 9.88 Å². The molecular weight excluding hydrogens is 370 g/mol. The van der Waals surface area contributed by atoms with Crippen molar-refractivity contribution in [2.75, 3.05) is 44.2 Å². The molecule has 5 nitrogen and oxygen atoms in total. The van der Waals surface area contributed by atoms with E-state index in [0.717, 1.165) is 50.8 Å². The van der Waals surface area contributed by atoms with Crippen LogP contribution in [0.5, 0.6) is 0 Å². The number of hydrogen-bond acceptors (Lipinski definition) is 4. The van der Waals surface area contributed by atoms with Crippen molar-refractivity contribution in [2.24, 2.45) is 0 Å². The Morgan fingerprint density at radius 1 is 0.833 bits per heavy atom. The van der Waals surface area contributed by atoms with Crippen molar-refractivity contribution >= 4 is 16.7 Å². The van der Waals surface area contributed by atoms with Crippen LogP contribution in [0.15, 0.2) is 42.5 Å². The highest BCUT2D eigenvalue weighted by Crippen LogP contribution is 2.21. The zero-order valence-corrected chi connectivity index (χ0v) is 18.1. The van der Waals surface area contributed by atoms with Crippen molar-refractivity contribution < 1.29 is 0 Å². The number of nitrogens with one attached hydrogen (secondary N) is 1. The van der Waals surface area contributed by atoms with E-state index in [0.29, 0.717) is 0 Å². The first-order valence-corrected chi connectivity index (χ1v) is 11.5. The minimum absolute atomic E-state index is 1.03. The van der Waals surface area contributed by atoms with Crippen LogP contribution in [0.25, 0.3) is 10.9 Å². The summed E-state index contributed by atoms with van der Waals surface area (Å²) < 4.78 is 0. The van der Waals surface area contributed by atoms with E-state index >= 15 is 0 Å². The number of fused-ring (bicyclic) bond motifs is 1. The molecule has 0 aliphatic carbocycles. The number of rotatable bonds is 5. The predicted octanol–water partition coefficient (Wildman–Crippen LogP) is 4.18. The first-order chi connectivity index (χ1) is 14.7. The average Bonchev–Trinajstić information content (AvgIpc) is 3.33. The van der Waals surface area contributed by atoms with Crippen LogP contribution in [0.4, 0.5) is 5.82 Å². The molecular formula is C25H33N5. The molecule has 30 heavy (non-hydrogen) atoms. The molecule has 2 fully saturated rings. The molecule has 5 heteroatoms. The number of benzene rings is 1. The van der Waals surface area contributed by atoms with E-state index in [1.165, 1.54) is 54.5 Å². The largest absolute Gasteiger partial charge is 0.357 e. The fourth-order valence-electron chi connectivity index (χ4n) is 4.93. The second-order valence-electron chi connectivity index (χ2n) is 8.95. The monoisotopic (exact) mass is 403 g/mol. The van der Waals surface area contributed by atoms with Gasteiger partial charge in [-0.15, -0.1) is 0 Å². The molecule has 2 saturated heterocycles. The van der Waals surface area contributed by atoms with Crippen LogP contribution in [0.2, 0.25) is 0 Å². The van der Waals surface area contributed by atoms with Gasteiger partial charge in [-0.3, -0.25) is 9.80 Å². The second kappa shape index (κ2) is 8.78. The van der Waals surface area contributed by atoms with Crippen molar-refractivity contribution in [3.05, 3.63) is 59.4 Å². The van der Waals surface area contributed by atoms with Crippen molar-refractivity contribution in [3.8, 4) is 0 Å². The van der Waals surface area contributed by atoms with Gasteiger partial charge in [0.2, 0.25) is 0 Å². The lowest BCUT2D eigenvalue weighted by molar-refractivity contribution is 0.285. The predicted molar refractivity (Wildman–Crippen MR) is 124 cm³/mol. The molecule has 158 valence electrons. The Hall–Kier alpha value is -2.37. The summed E-state index contributed by atoms with van der Waals surface area (Å²) in [6, 6.07) is 15.6. The highest BCUT2D eigenvalue weighted by Gasteiger charge is 2.17. The van der Waals surface area contributed by atoms with E-state index in [9.17, 15) is 0 Å². The van der Waals surface area contributed by atoms with Crippen molar-refractivity contribution in [1.29, 1.82) is 0 Å². The summed E-state index contributed by atoms with van der Waals surface area (Å²) in [6.07, 6.45) is 3.87. The summed E-state index contributed by atoms with van der Waals surface area (Å²) in [4.78, 5) is 15.9. The van der Waals surface area contributed by atoms with Crippen LogP contribution in [-0.4, -0.2) is 59.0 Å². The van der Waals surface area contributed by atoms with Crippen LogP contribution in [-0.2, 0) is 13.1 Å². The molecule has 3 aromatic rings. The van der Waals surface area contributed by atoms with Gasteiger partial charge in [-0.05, 0) is 75.2 Å². The van der Waals surface area contributed by atoms with E-state index in [1.54, 1.807) is 0 Å². The van der Waals surface area contributed by atoms with Crippen molar-refractivity contribution in [3.63, 3.8) is 0 Å². The Kier molecular flexibility index (Phi) is 5.73. The standard InChI is InChI=1S/C25H33N5/c1-20-6-4-7-25(26-20)30-13-5-12-29(14-15-30)18-21-8-9-24-22(16-21)17-23(27-24)19-28-10-2-3-11-28/h4,6-9,16-17,27H,2-3,5,10-15,18-19H2,1H3. The number of aromatic amines is 1. The Morgan fingerprint density at radius 2 is 1.67 bits per heavy atom. The van der Waals surface area contributed by atoms with E-state index in [1.807, 2.05) is 0 Å². The smallest absolute Gasteiger partial charge is 0.128 e. The molecule has 5 rings (SSSR count). The molecule has 2 aliphatic heterocycles. The molecule has 0 bridgehead atoms. The summed E-state index contributed by atoms with van der Waals surface area (Å²) in [6.45, 7) is 11.0. The minimum Gasteiger partial charge on any atom is -0.357 e. The lowest BCUT2D eigenvalue weighted by Crippen LogP contribution is -2.31. The number of aryl methyl sites for hydroxylation is 1. The van der Waals surface area contributed by atoms with Gasteiger partial charge in [0.05, 0.1) is 0 Å². The molecule has 0 amide bonds. The van der Waals surface area contributed by atoms with Crippen LogP contribution in [0.3, 0.4) is 0 Å². The maximum absolute atomic E-state index is 4.72. The third-order valence-electron chi connectivity index (χ3n) is 6.53. The quantitative estimate of drug-likeness (QED) is 0.694. The third-order valence-corrected chi connectivity index (χ3v) is 6.53. The summed E-state index contributed by atoms with van der Waals surface area (Å²) in [7, 11) is 0. The number of anilines is 1. The number of hydrogen-bond donors (Lipinski definition) is 1. The molecule has 1 aromatic carbocycles. The summed E-state index contributed by atoms with van der Waals surface area (Å²) in [5, 5.41) is 1.35. The van der Waals surface area contributed by atoms with E-state index < -0.39 is 0 Å². The van der Waals surface area contributed by atoms with Gasteiger partial charge in [0.25, 0.3) is 0 Å². The first kappa shape index (κ1) is 19.6. The van der Waals surface area contributed by atoms with Gasteiger partial charge in [0.1, 0.15) is 5.82 Å². The van der Waals surface area contributed by atoms with Crippen molar-refractivity contribution in [1.82, 2.24) is 19.8 Å². The molecule has 2 aliphatic rings. The van der Waals surface area contributed by atoms with Gasteiger partial charge >= 0.3 is 0 Å². The highest BCUT2D eigenvalue weighted by molar-refractivity contribution is 5.81. The van der Waals surface area contributed by atoms with E-state index in [-0.39, 0.29) is 0 Å². The minimum atomic E-state index is 1.03. The molecule has 0 radical (unpaired) electrons. The van der Waals surface area contributed by atoms with Crippen LogP contribution in [0, 0.1) is 6.92 Å². The fourth-order valence-corrected chi connectivity index (χ4v) is 4.93. The van der Waals surface area contributed by atoms with Crippen LogP contribution < -0.4 is 4.90 Å². The molecule has 4 heterocycles. The third kappa shape index (κ3) is 4.52. The first-order valence-electron chi connectivity index (χ1n) is 11.5. The van der Waals surface area contributed by atoms with Gasteiger partial charge in [-0.1, -0.05) is 12.1 Å². The molecule has 1 N–H and O–H groups in total. The van der Waals surface area contributed by atoms with Gasteiger partial charge in [-0.25, -0.2) is 4.98 Å². The van der Waals surface area contributed by atoms with Gasteiger partial charge in [0.15, 0.2) is 0 Å². The maximum atomic E-state index is 4.72. The Balaban J connectivity index is 1.22. The number of H-pyrrole nitrogens is 1. The molecule has 0 atom stereocenters. The zero-order valence-electron chi connectivity index (χ0n) is 18.1. The topological polar surface area (TPSA) is 38.4 Å². The zero-order chi connectivity index (χ0) is 20.3. The number of nitrogens with zero attached hydrogens (tertiary/aromatic N) is 4. The SMILES string of the molecule is Cc1cccc(N2CCCN(Cc3ccc4[nH]c(CN5CCCC5)cc4c3)CC2)n1. The number of aromatic nitrogens is 2. The van der Waals surface area contributed by atoms with Crippen LogP contribution in [0.1, 0.15) is 36.2 Å². The molecule has 0 saturated carbocycles. The lowest BCUT2D eigenvalue weighted by atomic mass is 10.1. The van der Waals surface area contributed by atoms with E-state index in [4.69, 9.17) is 4.98 Å². The van der Waals surface area contributed by atoms with Gasteiger partial charge in [-0.2, -0.15) is 0 Å². The van der Waals surface area contributed by atoms with Gasteiger partial charge in [0, 0.05) is 61.6 Å². The lowest BCUT2D eigenvalue weighted by Gasteiger charge is -2.23. The molecule has 0 spiro atoms. The van der Waals surface area contributed by atoms with Crippen molar-refractivity contribution in [2.45, 2.75) is 39.3 Å². The fraction of sp³-hybridized carbons (Fsp3) is 0.480. The summed E-state index contributed by atoms with van der Waals surface area (Å²) in [5.41, 5.74) is 5.12. The maximum Gasteiger partial charge on any atom is 0.128 e. The normalized spacial score (nSPS) is 18.9. The molecule has 2 aromatic heterocycles. The summed E-state index contributed by atoms with van der Waals surface area (Å²) >= 11 is 0. The number of pyridine rings is 1. The number of likely N-dealkylation sites (tertiary alicyclic amines) is 1. The van der Waals surface area contributed by atoms with Crippen LogP contribution >= 0.6 is 0 Å². The second-order valence-corrected chi connectivity index (χ2v) is 8.95. The average molecular weight is 404 g/mol. The highest BCUT2D eigenvalue weighted by atomic mass is 15.2. The Bertz CT molecular complexity index is 988. The van der Waals surface area contributed by atoms with E-state index in [2.05, 4.69) is 69.1 Å². The Labute approximate surface area is 179 Å². The molecule has 0 unspecified atom stereocenters. The summed E-state index contributed by atoms with van der Waals surface area (Å²) in [5.74, 6) is 1.12.